The fourth-order valence-electron chi connectivity index (χ4n) is 2.20. The second-order valence-corrected chi connectivity index (χ2v) is 5.35. The number of hydrogen-bond acceptors (Lipinski definition) is 6. The molecule has 0 atom stereocenters. The third kappa shape index (κ3) is 3.53. The van der Waals surface area contributed by atoms with Gasteiger partial charge in [-0.05, 0) is 40.8 Å². The van der Waals surface area contributed by atoms with Crippen LogP contribution in [-0.2, 0) is 0 Å². The number of rotatable bonds is 5. The van der Waals surface area contributed by atoms with Gasteiger partial charge in [0.05, 0.1) is 36.2 Å². The van der Waals surface area contributed by atoms with Gasteiger partial charge in [-0.15, -0.1) is 5.10 Å². The van der Waals surface area contributed by atoms with Crippen molar-refractivity contribution in [2.24, 2.45) is 0 Å². The summed E-state index contributed by atoms with van der Waals surface area (Å²) in [6, 6.07) is 10.0. The van der Waals surface area contributed by atoms with Gasteiger partial charge in [-0.2, -0.15) is 0 Å². The van der Waals surface area contributed by atoms with Gasteiger partial charge in [-0.1, -0.05) is 11.6 Å². The molecule has 0 aliphatic heterocycles. The zero-order valence-electron chi connectivity index (χ0n) is 13.4. The van der Waals surface area contributed by atoms with Crippen molar-refractivity contribution in [1.82, 2.24) is 20.2 Å². The number of nitrogens with one attached hydrogen (secondary N) is 1. The molecule has 1 aromatic heterocycles. The summed E-state index contributed by atoms with van der Waals surface area (Å²) in [6.45, 7) is 0. The minimum absolute atomic E-state index is 0.285. The largest absolute Gasteiger partial charge is 0.497 e. The number of carbonyl (C=O) groups excluding carboxylic acids is 1. The molecular weight excluding hydrogens is 346 g/mol. The molecular formula is C16H14ClN5O3. The molecule has 0 bridgehead atoms. The van der Waals surface area contributed by atoms with Crippen LogP contribution in [0.4, 0.5) is 5.69 Å². The number of amides is 1. The smallest absolute Gasteiger partial charge is 0.257 e. The van der Waals surface area contributed by atoms with Gasteiger partial charge in [0.1, 0.15) is 17.8 Å². The Kier molecular flexibility index (Phi) is 4.80. The maximum Gasteiger partial charge on any atom is 0.257 e. The monoisotopic (exact) mass is 359 g/mol. The number of tetrazole rings is 1. The molecule has 0 saturated carbocycles. The number of aromatic nitrogens is 4. The van der Waals surface area contributed by atoms with Gasteiger partial charge >= 0.3 is 0 Å². The molecule has 1 N–H and O–H groups in total. The van der Waals surface area contributed by atoms with Crippen molar-refractivity contribution in [3.8, 4) is 17.2 Å². The Bertz CT molecular complexity index is 899. The lowest BCUT2D eigenvalue weighted by atomic mass is 10.1. The minimum Gasteiger partial charge on any atom is -0.497 e. The van der Waals surface area contributed by atoms with Crippen LogP contribution in [0.25, 0.3) is 5.69 Å². The number of nitrogens with zero attached hydrogens (tertiary/aromatic N) is 4. The lowest BCUT2D eigenvalue weighted by Crippen LogP contribution is -2.14. The second kappa shape index (κ2) is 7.18. The van der Waals surface area contributed by atoms with Crippen molar-refractivity contribution in [1.29, 1.82) is 0 Å². The van der Waals surface area contributed by atoms with Gasteiger partial charge in [-0.25, -0.2) is 4.68 Å². The highest BCUT2D eigenvalue weighted by Crippen LogP contribution is 2.30. The number of halogens is 1. The minimum atomic E-state index is -0.386. The molecule has 0 unspecified atom stereocenters. The highest BCUT2D eigenvalue weighted by Gasteiger charge is 2.15. The topological polar surface area (TPSA) is 91.2 Å². The van der Waals surface area contributed by atoms with E-state index in [1.165, 1.54) is 18.1 Å². The van der Waals surface area contributed by atoms with E-state index in [9.17, 15) is 4.79 Å². The van der Waals surface area contributed by atoms with E-state index < -0.39 is 0 Å². The van der Waals surface area contributed by atoms with Gasteiger partial charge in [-0.3, -0.25) is 4.79 Å². The first-order chi connectivity index (χ1) is 12.1. The van der Waals surface area contributed by atoms with E-state index in [1.54, 1.807) is 43.5 Å². The van der Waals surface area contributed by atoms with Crippen LogP contribution >= 0.6 is 11.6 Å². The van der Waals surface area contributed by atoms with Crippen LogP contribution in [0.3, 0.4) is 0 Å². The van der Waals surface area contributed by atoms with Gasteiger partial charge in [0.15, 0.2) is 0 Å². The Morgan fingerprint density at radius 1 is 1.16 bits per heavy atom. The molecule has 0 fully saturated rings. The summed E-state index contributed by atoms with van der Waals surface area (Å²) >= 11 is 6.17. The van der Waals surface area contributed by atoms with Crippen molar-refractivity contribution in [3.05, 3.63) is 53.3 Å². The molecule has 25 heavy (non-hydrogen) atoms. The standard InChI is InChI=1S/C16H14ClN5O3/c1-24-11-4-6-14(15(8-11)25-2)19-16(23)12-7-10(3-5-13(12)17)22-9-18-20-21-22/h3-9H,1-2H3,(H,19,23). The quantitative estimate of drug-likeness (QED) is 0.752. The zero-order chi connectivity index (χ0) is 17.8. The van der Waals surface area contributed by atoms with Gasteiger partial charge in [0.25, 0.3) is 5.91 Å². The molecule has 3 aromatic rings. The molecule has 0 aliphatic rings. The summed E-state index contributed by atoms with van der Waals surface area (Å²) in [5.41, 5.74) is 1.39. The summed E-state index contributed by atoms with van der Waals surface area (Å²) in [6.07, 6.45) is 1.43. The molecule has 0 aliphatic carbocycles. The number of hydrogen-bond donors (Lipinski definition) is 1. The SMILES string of the molecule is COc1ccc(NC(=O)c2cc(-n3cnnn3)ccc2Cl)c(OC)c1. The van der Waals surface area contributed by atoms with Crippen LogP contribution in [0.15, 0.2) is 42.7 Å². The van der Waals surface area contributed by atoms with E-state index in [4.69, 9.17) is 21.1 Å². The van der Waals surface area contributed by atoms with Crippen molar-refractivity contribution in [2.75, 3.05) is 19.5 Å². The predicted molar refractivity (Wildman–Crippen MR) is 91.7 cm³/mol. The van der Waals surface area contributed by atoms with Crippen LogP contribution in [0.2, 0.25) is 5.02 Å². The lowest BCUT2D eigenvalue weighted by molar-refractivity contribution is 0.102. The van der Waals surface area contributed by atoms with Crippen molar-refractivity contribution < 1.29 is 14.3 Å². The molecule has 128 valence electrons. The molecule has 3 rings (SSSR count). The normalized spacial score (nSPS) is 10.4. The number of benzene rings is 2. The van der Waals surface area contributed by atoms with Crippen molar-refractivity contribution in [2.45, 2.75) is 0 Å². The lowest BCUT2D eigenvalue weighted by Gasteiger charge is -2.12. The van der Waals surface area contributed by atoms with E-state index in [0.29, 0.717) is 27.9 Å². The van der Waals surface area contributed by atoms with Gasteiger partial charge < -0.3 is 14.8 Å². The first-order valence-corrected chi connectivity index (χ1v) is 7.56. The predicted octanol–water partition coefficient (Wildman–Crippen LogP) is 2.59. The Balaban J connectivity index is 1.90. The summed E-state index contributed by atoms with van der Waals surface area (Å²) in [7, 11) is 3.06. The maximum absolute atomic E-state index is 12.6. The summed E-state index contributed by atoms with van der Waals surface area (Å²) in [5, 5.41) is 14.0. The molecule has 9 heteroatoms. The molecule has 0 spiro atoms. The first kappa shape index (κ1) is 16.7. The summed E-state index contributed by atoms with van der Waals surface area (Å²) in [4.78, 5) is 12.6. The van der Waals surface area contributed by atoms with E-state index >= 15 is 0 Å². The molecule has 1 amide bonds. The molecule has 2 aromatic carbocycles. The second-order valence-electron chi connectivity index (χ2n) is 4.94. The van der Waals surface area contributed by atoms with Crippen LogP contribution in [0.5, 0.6) is 11.5 Å². The first-order valence-electron chi connectivity index (χ1n) is 7.18. The molecule has 0 saturated heterocycles. The third-order valence-corrected chi connectivity index (χ3v) is 3.79. The Morgan fingerprint density at radius 2 is 2.00 bits per heavy atom. The third-order valence-electron chi connectivity index (χ3n) is 3.47. The van der Waals surface area contributed by atoms with Gasteiger partial charge in [0, 0.05) is 6.07 Å². The van der Waals surface area contributed by atoms with Crippen molar-refractivity contribution in [3.63, 3.8) is 0 Å². The summed E-state index contributed by atoms with van der Waals surface area (Å²) in [5.74, 6) is 0.706. The van der Waals surface area contributed by atoms with Crippen LogP contribution in [-0.4, -0.2) is 40.3 Å². The van der Waals surface area contributed by atoms with E-state index in [-0.39, 0.29) is 11.5 Å². The average molecular weight is 360 g/mol. The van der Waals surface area contributed by atoms with E-state index in [2.05, 4.69) is 20.8 Å². The van der Waals surface area contributed by atoms with Gasteiger partial charge in [0.2, 0.25) is 0 Å². The molecule has 8 nitrogen and oxygen atoms in total. The Hall–Kier alpha value is -3.13. The molecule has 0 radical (unpaired) electrons. The fraction of sp³-hybridized carbons (Fsp3) is 0.125. The van der Waals surface area contributed by atoms with Crippen LogP contribution in [0, 0.1) is 0 Å². The zero-order valence-corrected chi connectivity index (χ0v) is 14.2. The average Bonchev–Trinajstić information content (AvgIpc) is 3.17. The van der Waals surface area contributed by atoms with E-state index in [1.807, 2.05) is 0 Å². The van der Waals surface area contributed by atoms with Crippen LogP contribution in [0.1, 0.15) is 10.4 Å². The fourth-order valence-corrected chi connectivity index (χ4v) is 2.40. The Morgan fingerprint density at radius 3 is 2.68 bits per heavy atom. The maximum atomic E-state index is 12.6. The number of carbonyl (C=O) groups is 1. The Labute approximate surface area is 148 Å². The highest BCUT2D eigenvalue weighted by atomic mass is 35.5. The highest BCUT2D eigenvalue weighted by molar-refractivity contribution is 6.34. The number of methoxy groups -OCH3 is 2. The van der Waals surface area contributed by atoms with Crippen molar-refractivity contribution >= 4 is 23.2 Å². The summed E-state index contributed by atoms with van der Waals surface area (Å²) < 4.78 is 11.9. The van der Waals surface area contributed by atoms with Crippen LogP contribution < -0.4 is 14.8 Å². The number of anilines is 1. The number of ether oxygens (including phenoxy) is 2. The molecule has 1 heterocycles. The van der Waals surface area contributed by atoms with E-state index in [0.717, 1.165) is 0 Å².